The lowest BCUT2D eigenvalue weighted by molar-refractivity contribution is -0.112. The van der Waals surface area contributed by atoms with Crippen LogP contribution in [0.3, 0.4) is 0 Å². The third-order valence-electron chi connectivity index (χ3n) is 4.53. The van der Waals surface area contributed by atoms with Crippen LogP contribution < -0.4 is 5.32 Å². The SMILES string of the molecule is O=C(Nc1ccncc1Cl)C(=O)c1cc(Cc2ccc(F)cc2)n2ccccc12. The largest absolute Gasteiger partial charge is 0.320 e. The Morgan fingerprint density at radius 1 is 1.10 bits per heavy atom. The van der Waals surface area contributed by atoms with E-state index in [1.54, 1.807) is 30.3 Å². The Morgan fingerprint density at radius 3 is 2.66 bits per heavy atom. The van der Waals surface area contributed by atoms with Crippen LogP contribution in [0.5, 0.6) is 0 Å². The van der Waals surface area contributed by atoms with Crippen LogP contribution in [0.25, 0.3) is 5.52 Å². The van der Waals surface area contributed by atoms with Gasteiger partial charge in [0.25, 0.3) is 11.7 Å². The second kappa shape index (κ2) is 7.85. The molecule has 144 valence electrons. The molecule has 0 radical (unpaired) electrons. The number of hydrogen-bond acceptors (Lipinski definition) is 3. The summed E-state index contributed by atoms with van der Waals surface area (Å²) in [4.78, 5) is 29.2. The van der Waals surface area contributed by atoms with Crippen molar-refractivity contribution in [3.63, 3.8) is 0 Å². The van der Waals surface area contributed by atoms with Crippen molar-refractivity contribution in [1.82, 2.24) is 9.38 Å². The van der Waals surface area contributed by atoms with Gasteiger partial charge in [-0.1, -0.05) is 29.8 Å². The number of amides is 1. The van der Waals surface area contributed by atoms with E-state index in [1.165, 1.54) is 30.6 Å². The number of nitrogens with one attached hydrogen (secondary N) is 1. The van der Waals surface area contributed by atoms with Crippen molar-refractivity contribution in [2.75, 3.05) is 5.32 Å². The van der Waals surface area contributed by atoms with Crippen molar-refractivity contribution in [3.8, 4) is 0 Å². The fraction of sp³-hybridized carbons (Fsp3) is 0.0455. The number of carbonyl (C=O) groups is 2. The molecule has 0 saturated carbocycles. The quantitative estimate of drug-likeness (QED) is 0.390. The fourth-order valence-electron chi connectivity index (χ4n) is 3.13. The lowest BCUT2D eigenvalue weighted by Gasteiger charge is -2.05. The number of halogens is 2. The number of ketones is 1. The Hall–Kier alpha value is -3.51. The summed E-state index contributed by atoms with van der Waals surface area (Å²) in [5.74, 6) is -1.77. The summed E-state index contributed by atoms with van der Waals surface area (Å²) >= 11 is 6.00. The van der Waals surface area contributed by atoms with Crippen LogP contribution in [0.2, 0.25) is 5.02 Å². The first-order valence-corrected chi connectivity index (χ1v) is 9.19. The number of rotatable bonds is 5. The second-order valence-corrected chi connectivity index (χ2v) is 6.85. The third kappa shape index (κ3) is 3.88. The molecule has 5 nitrogen and oxygen atoms in total. The Bertz CT molecular complexity index is 1220. The van der Waals surface area contributed by atoms with E-state index < -0.39 is 11.7 Å². The van der Waals surface area contributed by atoms with E-state index in [-0.39, 0.29) is 16.4 Å². The summed E-state index contributed by atoms with van der Waals surface area (Å²) < 4.78 is 15.0. The van der Waals surface area contributed by atoms with Crippen molar-refractivity contribution in [1.29, 1.82) is 0 Å². The molecular formula is C22H15ClFN3O2. The molecule has 0 unspecified atom stereocenters. The molecule has 0 aliphatic rings. The van der Waals surface area contributed by atoms with Gasteiger partial charge < -0.3 is 9.72 Å². The first-order valence-electron chi connectivity index (χ1n) is 8.81. The number of benzene rings is 1. The summed E-state index contributed by atoms with van der Waals surface area (Å²) in [6, 6.07) is 14.8. The molecule has 0 saturated heterocycles. The molecule has 1 N–H and O–H groups in total. The summed E-state index contributed by atoms with van der Waals surface area (Å²) in [6.07, 6.45) is 5.16. The van der Waals surface area contributed by atoms with Gasteiger partial charge in [0.05, 0.1) is 21.8 Å². The second-order valence-electron chi connectivity index (χ2n) is 6.45. The highest BCUT2D eigenvalue weighted by Gasteiger charge is 2.22. The van der Waals surface area contributed by atoms with Gasteiger partial charge in [0.1, 0.15) is 5.82 Å². The molecule has 7 heteroatoms. The molecule has 4 aromatic rings. The number of Topliss-reactive ketones (excluding diaryl/α,β-unsaturated/α-hetero) is 1. The zero-order chi connectivity index (χ0) is 20.4. The van der Waals surface area contributed by atoms with Crippen molar-refractivity contribution in [2.24, 2.45) is 0 Å². The summed E-state index contributed by atoms with van der Waals surface area (Å²) in [7, 11) is 0. The maximum atomic E-state index is 13.2. The minimum Gasteiger partial charge on any atom is -0.320 e. The molecule has 0 atom stereocenters. The predicted octanol–water partition coefficient (Wildman–Crippen LogP) is 4.54. The van der Waals surface area contributed by atoms with E-state index in [0.29, 0.717) is 17.6 Å². The van der Waals surface area contributed by atoms with Crippen molar-refractivity contribution < 1.29 is 14.0 Å². The van der Waals surface area contributed by atoms with Crippen LogP contribution >= 0.6 is 11.6 Å². The predicted molar refractivity (Wildman–Crippen MR) is 109 cm³/mol. The molecule has 29 heavy (non-hydrogen) atoms. The van der Waals surface area contributed by atoms with Gasteiger partial charge in [-0.05, 0) is 42.0 Å². The number of anilines is 1. The molecule has 3 heterocycles. The molecule has 0 aliphatic carbocycles. The number of carbonyl (C=O) groups excluding carboxylic acids is 2. The van der Waals surface area contributed by atoms with Crippen LogP contribution in [-0.2, 0) is 11.2 Å². The number of nitrogens with zero attached hydrogens (tertiary/aromatic N) is 2. The Morgan fingerprint density at radius 2 is 1.90 bits per heavy atom. The third-order valence-corrected chi connectivity index (χ3v) is 4.83. The Labute approximate surface area is 170 Å². The number of fused-ring (bicyclic) bond motifs is 1. The molecule has 1 aromatic carbocycles. The van der Waals surface area contributed by atoms with Crippen molar-refractivity contribution in [2.45, 2.75) is 6.42 Å². The lowest BCUT2D eigenvalue weighted by Crippen LogP contribution is -2.23. The normalized spacial score (nSPS) is 10.8. The summed E-state index contributed by atoms with van der Waals surface area (Å²) in [6.45, 7) is 0. The van der Waals surface area contributed by atoms with Crippen LogP contribution in [0, 0.1) is 5.82 Å². The smallest absolute Gasteiger partial charge is 0.296 e. The highest BCUT2D eigenvalue weighted by atomic mass is 35.5. The van der Waals surface area contributed by atoms with Gasteiger partial charge in [0.2, 0.25) is 0 Å². The van der Waals surface area contributed by atoms with E-state index in [9.17, 15) is 14.0 Å². The van der Waals surface area contributed by atoms with Gasteiger partial charge in [-0.3, -0.25) is 14.6 Å². The standard InChI is InChI=1S/C22H15ClFN3O2/c23-18-13-25-9-8-19(18)26-22(29)21(28)17-12-16(27-10-2-1-3-20(17)27)11-14-4-6-15(24)7-5-14/h1-10,12-13H,11H2,(H,25,26,29). The first kappa shape index (κ1) is 18.8. The van der Waals surface area contributed by atoms with E-state index in [4.69, 9.17) is 11.6 Å². The Kier molecular flexibility index (Phi) is 5.10. The first-order chi connectivity index (χ1) is 14.0. The molecule has 0 bridgehead atoms. The maximum absolute atomic E-state index is 13.2. The Balaban J connectivity index is 1.66. The summed E-state index contributed by atoms with van der Waals surface area (Å²) in [5.41, 5.74) is 2.91. The molecule has 4 rings (SSSR count). The van der Waals surface area contributed by atoms with Gasteiger partial charge in [0, 0.05) is 30.7 Å². The zero-order valence-electron chi connectivity index (χ0n) is 15.1. The number of hydrogen-bond donors (Lipinski definition) is 1. The molecule has 3 aromatic heterocycles. The minimum atomic E-state index is -0.789. The van der Waals surface area contributed by atoms with Gasteiger partial charge in [-0.2, -0.15) is 0 Å². The lowest BCUT2D eigenvalue weighted by atomic mass is 10.1. The molecule has 0 fully saturated rings. The maximum Gasteiger partial charge on any atom is 0.296 e. The zero-order valence-corrected chi connectivity index (χ0v) is 15.9. The average Bonchev–Trinajstić information content (AvgIpc) is 3.09. The van der Waals surface area contributed by atoms with E-state index in [0.717, 1.165) is 11.3 Å². The monoisotopic (exact) mass is 407 g/mol. The topological polar surface area (TPSA) is 63.5 Å². The van der Waals surface area contributed by atoms with E-state index in [2.05, 4.69) is 10.3 Å². The van der Waals surface area contributed by atoms with Gasteiger partial charge in [-0.25, -0.2) is 4.39 Å². The van der Waals surface area contributed by atoms with Crippen LogP contribution in [-0.4, -0.2) is 21.1 Å². The van der Waals surface area contributed by atoms with Gasteiger partial charge >= 0.3 is 0 Å². The average molecular weight is 408 g/mol. The molecular weight excluding hydrogens is 393 g/mol. The highest BCUT2D eigenvalue weighted by Crippen LogP contribution is 2.23. The number of aromatic nitrogens is 2. The van der Waals surface area contributed by atoms with Gasteiger partial charge in [0.15, 0.2) is 0 Å². The van der Waals surface area contributed by atoms with Crippen molar-refractivity contribution >= 4 is 34.5 Å². The molecule has 0 spiro atoms. The van der Waals surface area contributed by atoms with E-state index >= 15 is 0 Å². The van der Waals surface area contributed by atoms with Crippen molar-refractivity contribution in [3.05, 3.63) is 101 Å². The van der Waals surface area contributed by atoms with Gasteiger partial charge in [-0.15, -0.1) is 0 Å². The molecule has 1 amide bonds. The molecule has 0 aliphatic heterocycles. The highest BCUT2D eigenvalue weighted by molar-refractivity contribution is 6.48. The van der Waals surface area contributed by atoms with Crippen LogP contribution in [0.4, 0.5) is 10.1 Å². The van der Waals surface area contributed by atoms with Crippen LogP contribution in [0.15, 0.2) is 73.2 Å². The van der Waals surface area contributed by atoms with Crippen LogP contribution in [0.1, 0.15) is 21.6 Å². The number of pyridine rings is 2. The fourth-order valence-corrected chi connectivity index (χ4v) is 3.30. The summed E-state index contributed by atoms with van der Waals surface area (Å²) in [5, 5.41) is 2.77. The van der Waals surface area contributed by atoms with E-state index in [1.807, 2.05) is 16.7 Å². The minimum absolute atomic E-state index is 0.243.